The fourth-order valence-corrected chi connectivity index (χ4v) is 5.69. The van der Waals surface area contributed by atoms with Crippen LogP contribution in [0, 0.1) is 22.7 Å². The molecule has 2 aliphatic carbocycles. The van der Waals surface area contributed by atoms with E-state index in [2.05, 4.69) is 13.5 Å². The second-order valence-corrected chi connectivity index (χ2v) is 10.1. The van der Waals surface area contributed by atoms with Crippen molar-refractivity contribution in [3.8, 4) is 0 Å². The quantitative estimate of drug-likeness (QED) is 0.214. The van der Waals surface area contributed by atoms with Crippen LogP contribution in [0.1, 0.15) is 52.4 Å². The molecule has 9 nitrogen and oxygen atoms in total. The fraction of sp³-hybridized carbons (Fsp3) is 0.750. The molecule has 0 amide bonds. The topological polar surface area (TPSA) is 165 Å². The molecule has 0 bridgehead atoms. The van der Waals surface area contributed by atoms with E-state index >= 15 is 0 Å². The van der Waals surface area contributed by atoms with Crippen LogP contribution >= 0.6 is 7.82 Å². The van der Waals surface area contributed by atoms with Crippen molar-refractivity contribution in [1.82, 2.24) is 0 Å². The van der Waals surface area contributed by atoms with Crippen LogP contribution in [0.4, 0.5) is 0 Å². The Labute approximate surface area is 176 Å². The number of fused-ring (bicyclic) bond motifs is 1. The maximum absolute atomic E-state index is 11.8. The third-order valence-electron chi connectivity index (χ3n) is 7.31. The Morgan fingerprint density at radius 1 is 1.23 bits per heavy atom. The molecule has 1 aliphatic heterocycles. The van der Waals surface area contributed by atoms with Crippen LogP contribution in [0.3, 0.4) is 0 Å². The molecule has 172 valence electrons. The zero-order valence-electron chi connectivity index (χ0n) is 17.5. The van der Waals surface area contributed by atoms with E-state index in [-0.39, 0.29) is 36.2 Å². The van der Waals surface area contributed by atoms with Crippen molar-refractivity contribution >= 4 is 13.8 Å². The summed E-state index contributed by atoms with van der Waals surface area (Å²) in [5, 5.41) is 30.4. The van der Waals surface area contributed by atoms with E-state index in [1.807, 2.05) is 6.92 Å². The summed E-state index contributed by atoms with van der Waals surface area (Å²) in [5.41, 5.74) is 1.01. The first-order chi connectivity index (χ1) is 13.7. The number of hydrogen-bond acceptors (Lipinski definition) is 6. The Hall–Kier alpha value is -1.22. The van der Waals surface area contributed by atoms with Crippen LogP contribution in [-0.2, 0) is 14.1 Å². The number of ether oxygens (including phenoxy) is 1. The van der Waals surface area contributed by atoms with Crippen LogP contribution in [0.2, 0.25) is 0 Å². The molecule has 6 N–H and O–H groups in total. The molecule has 0 radical (unpaired) electrons. The number of hydrogen-bond donors (Lipinski definition) is 6. The van der Waals surface area contributed by atoms with E-state index in [1.165, 1.54) is 5.57 Å². The fourth-order valence-electron chi connectivity index (χ4n) is 5.69. The minimum Gasteiger partial charge on any atom is -0.508 e. The van der Waals surface area contributed by atoms with Gasteiger partial charge < -0.3 is 34.7 Å². The summed E-state index contributed by atoms with van der Waals surface area (Å²) in [6.07, 6.45) is 4.09. The summed E-state index contributed by atoms with van der Waals surface area (Å²) in [6, 6.07) is 0. The minimum atomic E-state index is -4.64. The summed E-state index contributed by atoms with van der Waals surface area (Å²) in [5.74, 6) is 0.0490. The van der Waals surface area contributed by atoms with Crippen LogP contribution in [0.25, 0.3) is 0 Å². The van der Waals surface area contributed by atoms with Crippen molar-refractivity contribution < 1.29 is 44.1 Å². The monoisotopic (exact) mass is 448 g/mol. The number of aliphatic hydroxyl groups excluding tert-OH is 3. The van der Waals surface area contributed by atoms with Gasteiger partial charge in [0.15, 0.2) is 0 Å². The van der Waals surface area contributed by atoms with Gasteiger partial charge in [-0.3, -0.25) is 0 Å². The van der Waals surface area contributed by atoms with E-state index in [4.69, 9.17) is 24.0 Å². The molecule has 2 saturated carbocycles. The largest absolute Gasteiger partial charge is 0.508 e. The maximum Gasteiger partial charge on any atom is 0.466 e. The Bertz CT molecular complexity index is 749. The third-order valence-corrected chi connectivity index (χ3v) is 7.31. The molecule has 3 rings (SSSR count). The highest BCUT2D eigenvalue weighted by Gasteiger charge is 2.57. The zero-order valence-corrected chi connectivity index (χ0v) is 18.3. The van der Waals surface area contributed by atoms with E-state index in [0.29, 0.717) is 18.4 Å². The van der Waals surface area contributed by atoms with Crippen molar-refractivity contribution in [2.45, 2.75) is 58.5 Å². The van der Waals surface area contributed by atoms with Gasteiger partial charge in [-0.05, 0) is 55.8 Å². The number of aliphatic hydroxyl groups is 3. The number of esters is 1. The molecule has 0 aromatic heterocycles. The molecule has 0 saturated heterocycles. The minimum absolute atomic E-state index is 0.0194. The second-order valence-electron chi connectivity index (χ2n) is 9.08. The average molecular weight is 448 g/mol. The van der Waals surface area contributed by atoms with Crippen molar-refractivity contribution in [2.24, 2.45) is 22.7 Å². The number of cyclic esters (lactones) is 1. The molecule has 2 fully saturated rings. The average Bonchev–Trinajstić information content (AvgIpc) is 2.95. The molecule has 1 heterocycles. The Balaban J connectivity index is 0.000000575. The van der Waals surface area contributed by atoms with Gasteiger partial charge >= 0.3 is 13.8 Å². The first-order valence-corrected chi connectivity index (χ1v) is 11.6. The molecule has 10 heteroatoms. The number of phosphoric acid groups is 1. The zero-order chi connectivity index (χ0) is 22.9. The highest BCUT2D eigenvalue weighted by atomic mass is 31.2. The molecule has 0 aromatic carbocycles. The molecular weight excluding hydrogens is 415 g/mol. The predicted octanol–water partition coefficient (Wildman–Crippen LogP) is 1.95. The van der Waals surface area contributed by atoms with Gasteiger partial charge in [-0.25, -0.2) is 9.36 Å². The van der Waals surface area contributed by atoms with Gasteiger partial charge in [0.25, 0.3) is 0 Å². The van der Waals surface area contributed by atoms with Crippen LogP contribution in [0.15, 0.2) is 23.5 Å². The van der Waals surface area contributed by atoms with Gasteiger partial charge in [0, 0.05) is 5.41 Å². The molecule has 30 heavy (non-hydrogen) atoms. The van der Waals surface area contributed by atoms with Crippen molar-refractivity contribution in [1.29, 1.82) is 0 Å². The van der Waals surface area contributed by atoms with E-state index in [1.54, 1.807) is 0 Å². The van der Waals surface area contributed by atoms with Gasteiger partial charge in [0.2, 0.25) is 0 Å². The third kappa shape index (κ3) is 5.15. The van der Waals surface area contributed by atoms with E-state index in [0.717, 1.165) is 25.7 Å². The molecule has 5 atom stereocenters. The van der Waals surface area contributed by atoms with Crippen LogP contribution in [-0.4, -0.2) is 55.3 Å². The number of allylic oxidation sites excluding steroid dienone is 1. The molecule has 3 aliphatic rings. The lowest BCUT2D eigenvalue weighted by atomic mass is 9.46. The standard InChI is InChI=1S/C20H30O5.H3O4P/c1-12-4-7-16-19(2,9-8-17(23)20(16,3)11-21)14(12)6-5-13-15(22)10-25-18(13)24;1-5(2,3)4/h14,16-17,21-23H,1,4-11H2,2-3H3;(H3,1,2,3,4)/t14-,16+,17-,19+,20+;/m1./s1. The van der Waals surface area contributed by atoms with Gasteiger partial charge in [-0.15, -0.1) is 0 Å². The van der Waals surface area contributed by atoms with Gasteiger partial charge in [-0.1, -0.05) is 26.0 Å². The Kier molecular flexibility index (Phi) is 7.60. The maximum atomic E-state index is 11.8. The first-order valence-electron chi connectivity index (χ1n) is 10.1. The van der Waals surface area contributed by atoms with Crippen LogP contribution in [0.5, 0.6) is 0 Å². The van der Waals surface area contributed by atoms with Gasteiger partial charge in [-0.2, -0.15) is 0 Å². The highest BCUT2D eigenvalue weighted by molar-refractivity contribution is 7.45. The van der Waals surface area contributed by atoms with Crippen LogP contribution < -0.4 is 0 Å². The van der Waals surface area contributed by atoms with Gasteiger partial charge in [0.05, 0.1) is 18.3 Å². The molecular formula is C20H33O9P. The Morgan fingerprint density at radius 3 is 2.33 bits per heavy atom. The van der Waals surface area contributed by atoms with Crippen molar-refractivity contribution in [3.63, 3.8) is 0 Å². The summed E-state index contributed by atoms with van der Waals surface area (Å²) >= 11 is 0. The van der Waals surface area contributed by atoms with E-state index in [9.17, 15) is 20.1 Å². The molecule has 0 unspecified atom stereocenters. The Morgan fingerprint density at radius 2 is 1.83 bits per heavy atom. The molecule has 0 spiro atoms. The lowest BCUT2D eigenvalue weighted by molar-refractivity contribution is -0.152. The van der Waals surface area contributed by atoms with Crippen molar-refractivity contribution in [2.75, 3.05) is 13.2 Å². The lowest BCUT2D eigenvalue weighted by Crippen LogP contribution is -2.57. The number of carbonyl (C=O) groups is 1. The first kappa shape index (κ1) is 25.0. The summed E-state index contributed by atoms with van der Waals surface area (Å²) in [6.45, 7) is 8.48. The predicted molar refractivity (Wildman–Crippen MR) is 108 cm³/mol. The number of rotatable bonds is 4. The summed E-state index contributed by atoms with van der Waals surface area (Å²) in [7, 11) is -4.64. The number of carbonyl (C=O) groups excluding carboxylic acids is 1. The second kappa shape index (κ2) is 9.10. The lowest BCUT2D eigenvalue weighted by Gasteiger charge is -2.60. The van der Waals surface area contributed by atoms with Gasteiger partial charge in [0.1, 0.15) is 12.4 Å². The molecule has 0 aromatic rings. The van der Waals surface area contributed by atoms with E-state index < -0.39 is 25.3 Å². The summed E-state index contributed by atoms with van der Waals surface area (Å²) in [4.78, 5) is 33.3. The summed E-state index contributed by atoms with van der Waals surface area (Å²) < 4.78 is 13.8. The van der Waals surface area contributed by atoms with Crippen molar-refractivity contribution in [3.05, 3.63) is 23.5 Å². The smallest absolute Gasteiger partial charge is 0.466 e. The SMILES string of the molecule is C=C1CC[C@@H]2[C@](C)(CO)[C@H](O)CC[C@@]2(C)[C@@H]1CCC1=C(O)COC1=O.O=P(O)(O)O. The normalized spacial score (nSPS) is 36.7. The highest BCUT2D eigenvalue weighted by Crippen LogP contribution is 2.61.